The summed E-state index contributed by atoms with van der Waals surface area (Å²) < 4.78 is 0. The molecule has 1 aliphatic rings. The van der Waals surface area contributed by atoms with Crippen molar-refractivity contribution >= 4 is 52.6 Å². The van der Waals surface area contributed by atoms with E-state index in [1.54, 1.807) is 12.1 Å². The van der Waals surface area contributed by atoms with Crippen LogP contribution in [0, 0.1) is 0 Å². The third kappa shape index (κ3) is 13.2. The monoisotopic (exact) mass is 743 g/mol. The van der Waals surface area contributed by atoms with Gasteiger partial charge in [-0.2, -0.15) is 0 Å². The highest BCUT2D eigenvalue weighted by atomic mass is 16.3. The van der Waals surface area contributed by atoms with Gasteiger partial charge in [0.15, 0.2) is 5.96 Å². The van der Waals surface area contributed by atoms with Crippen LogP contribution in [0.25, 0.3) is 10.8 Å². The number of carbonyl (C=O) groups excluding carboxylic acids is 6. The zero-order valence-corrected chi connectivity index (χ0v) is 30.0. The Bertz CT molecular complexity index is 1800. The van der Waals surface area contributed by atoms with E-state index in [-0.39, 0.29) is 43.9 Å². The Hall–Kier alpha value is -6.03. The Morgan fingerprint density at radius 3 is 2.00 bits per heavy atom. The van der Waals surface area contributed by atoms with Gasteiger partial charge in [0.1, 0.15) is 36.2 Å². The molecule has 54 heavy (non-hydrogen) atoms. The molecule has 0 saturated carbocycles. The molecule has 11 N–H and O–H groups in total. The molecule has 0 aromatic heterocycles. The highest BCUT2D eigenvalue weighted by Gasteiger charge is 2.32. The smallest absolute Gasteiger partial charge is 0.243 e. The number of amides is 5. The molecule has 5 amide bonds. The Balaban J connectivity index is 1.66. The van der Waals surface area contributed by atoms with E-state index in [4.69, 9.17) is 11.5 Å². The summed E-state index contributed by atoms with van der Waals surface area (Å²) in [7, 11) is 0. The van der Waals surface area contributed by atoms with E-state index in [9.17, 15) is 33.9 Å². The lowest BCUT2D eigenvalue weighted by molar-refractivity contribution is -0.134. The first-order chi connectivity index (χ1) is 26.0. The maximum Gasteiger partial charge on any atom is 0.243 e. The van der Waals surface area contributed by atoms with Crippen molar-refractivity contribution in [3.05, 3.63) is 77.9 Å². The molecular formula is C38H49N9O7. The molecule has 0 bridgehead atoms. The van der Waals surface area contributed by atoms with Crippen LogP contribution in [0.4, 0.5) is 0 Å². The van der Waals surface area contributed by atoms with Gasteiger partial charge in [-0.3, -0.25) is 29.0 Å². The average Bonchev–Trinajstić information content (AvgIpc) is 3.15. The summed E-state index contributed by atoms with van der Waals surface area (Å²) >= 11 is 0. The first-order valence-corrected chi connectivity index (χ1v) is 18.0. The van der Waals surface area contributed by atoms with Crippen LogP contribution < -0.4 is 43.4 Å². The normalized spacial score (nSPS) is 20.0. The average molecular weight is 744 g/mol. The van der Waals surface area contributed by atoms with Gasteiger partial charge in [0, 0.05) is 32.4 Å². The predicted molar refractivity (Wildman–Crippen MR) is 203 cm³/mol. The molecule has 288 valence electrons. The van der Waals surface area contributed by atoms with Gasteiger partial charge in [0.2, 0.25) is 29.5 Å². The molecule has 16 nitrogen and oxygen atoms in total. The van der Waals surface area contributed by atoms with Crippen molar-refractivity contribution in [1.82, 2.24) is 31.9 Å². The Morgan fingerprint density at radius 1 is 0.722 bits per heavy atom. The van der Waals surface area contributed by atoms with Crippen LogP contribution >= 0.6 is 0 Å². The van der Waals surface area contributed by atoms with Crippen molar-refractivity contribution in [1.29, 1.82) is 0 Å². The Kier molecular flexibility index (Phi) is 15.7. The van der Waals surface area contributed by atoms with Crippen molar-refractivity contribution in [3.63, 3.8) is 0 Å². The lowest BCUT2D eigenvalue weighted by Crippen LogP contribution is -2.58. The molecule has 0 unspecified atom stereocenters. The molecule has 3 aromatic carbocycles. The molecule has 3 aromatic rings. The van der Waals surface area contributed by atoms with Crippen LogP contribution in [0.1, 0.15) is 43.2 Å². The number of nitrogens with two attached hydrogens (primary N) is 2. The molecule has 0 spiro atoms. The quantitative estimate of drug-likeness (QED) is 0.0414. The van der Waals surface area contributed by atoms with Crippen molar-refractivity contribution in [2.45, 2.75) is 69.1 Å². The summed E-state index contributed by atoms with van der Waals surface area (Å²) in [6.07, 6.45) is 2.14. The van der Waals surface area contributed by atoms with E-state index in [0.29, 0.717) is 37.9 Å². The van der Waals surface area contributed by atoms with Crippen LogP contribution in [-0.2, 0) is 41.6 Å². The van der Waals surface area contributed by atoms with E-state index in [0.717, 1.165) is 22.6 Å². The molecule has 1 aliphatic heterocycles. The first-order valence-electron chi connectivity index (χ1n) is 18.0. The van der Waals surface area contributed by atoms with Crippen molar-refractivity contribution in [2.75, 3.05) is 26.2 Å². The number of fused-ring (bicyclic) bond motifs is 1. The van der Waals surface area contributed by atoms with Gasteiger partial charge in [0.05, 0.1) is 6.54 Å². The van der Waals surface area contributed by atoms with Crippen molar-refractivity contribution in [3.8, 4) is 5.75 Å². The predicted octanol–water partition coefficient (Wildman–Crippen LogP) is -0.588. The SMILES string of the molecule is NC(N)=NCCC[C@@H]1NC(=O)[C@H](CCCNCCC=O)NC(=O)[C@@H](Cc2ccc(O)cc2)NC(=O)CNC(=O)[C@H](Cc2ccc3ccccc3c2)NC1=O. The summed E-state index contributed by atoms with van der Waals surface area (Å²) in [4.78, 5) is 83.4. The van der Waals surface area contributed by atoms with Gasteiger partial charge in [-0.1, -0.05) is 54.6 Å². The highest BCUT2D eigenvalue weighted by molar-refractivity contribution is 5.97. The lowest BCUT2D eigenvalue weighted by Gasteiger charge is -2.26. The number of nitrogens with zero attached hydrogens (tertiary/aromatic N) is 1. The highest BCUT2D eigenvalue weighted by Crippen LogP contribution is 2.17. The number of phenols is 1. The van der Waals surface area contributed by atoms with Crippen LogP contribution in [0.2, 0.25) is 0 Å². The van der Waals surface area contributed by atoms with Gasteiger partial charge in [-0.15, -0.1) is 0 Å². The van der Waals surface area contributed by atoms with Crippen molar-refractivity contribution < 1.29 is 33.9 Å². The summed E-state index contributed by atoms with van der Waals surface area (Å²) in [6.45, 7) is 0.548. The number of nitrogens with one attached hydrogen (secondary N) is 6. The molecule has 0 radical (unpaired) electrons. The van der Waals surface area contributed by atoms with Gasteiger partial charge in [-0.05, 0) is 66.3 Å². The number of aliphatic imine (C=N–C) groups is 1. The number of rotatable bonds is 15. The fraction of sp³-hybridized carbons (Fsp3) is 0.395. The van der Waals surface area contributed by atoms with Gasteiger partial charge in [-0.25, -0.2) is 0 Å². The second kappa shape index (κ2) is 20.9. The largest absolute Gasteiger partial charge is 0.508 e. The van der Waals surface area contributed by atoms with E-state index in [2.05, 4.69) is 36.9 Å². The number of benzene rings is 3. The van der Waals surface area contributed by atoms with Crippen molar-refractivity contribution in [2.24, 2.45) is 16.5 Å². The molecule has 1 fully saturated rings. The minimum atomic E-state index is -1.17. The van der Waals surface area contributed by atoms with Crippen LogP contribution in [0.15, 0.2) is 71.7 Å². The van der Waals surface area contributed by atoms with E-state index < -0.39 is 60.2 Å². The fourth-order valence-corrected chi connectivity index (χ4v) is 6.00. The molecule has 0 aliphatic carbocycles. The summed E-state index contributed by atoms with van der Waals surface area (Å²) in [5, 5.41) is 28.4. The Labute approximate surface area is 313 Å². The second-order valence-electron chi connectivity index (χ2n) is 13.1. The summed E-state index contributed by atoms with van der Waals surface area (Å²) in [5.41, 5.74) is 12.3. The standard InChI is InChI=1S/C38H49N9O7/c39-38(40)42-18-4-9-30-36(53)47-31(22-25-10-13-26-6-1-2-7-27(26)20-25)34(51)43-23-33(50)44-32(21-24-11-14-28(49)15-12-24)37(54)46-29(35(52)45-30)8-3-16-41-17-5-19-48/h1-2,6-7,10-15,19-20,29-32,41,49H,3-5,8-9,16-18,21-23H2,(H,43,51)(H,44,50)(H,45,52)(H,46,54)(H,47,53)(H4,39,40,42)/t29-,30-,31-,32+/m0/s1. The maximum atomic E-state index is 14.0. The van der Waals surface area contributed by atoms with E-state index in [1.165, 1.54) is 12.1 Å². The molecular weight excluding hydrogens is 694 g/mol. The summed E-state index contributed by atoms with van der Waals surface area (Å²) in [5.74, 6) is -3.42. The molecule has 16 heteroatoms. The third-order valence-electron chi connectivity index (χ3n) is 8.83. The van der Waals surface area contributed by atoms with E-state index >= 15 is 0 Å². The number of aromatic hydroxyl groups is 1. The van der Waals surface area contributed by atoms with Crippen LogP contribution in [0.5, 0.6) is 5.75 Å². The van der Waals surface area contributed by atoms with Gasteiger partial charge in [0.25, 0.3) is 0 Å². The number of hydrogen-bond acceptors (Lipinski definition) is 9. The number of phenolic OH excluding ortho intramolecular Hbond substituents is 1. The minimum absolute atomic E-state index is 0.00539. The number of hydrogen-bond donors (Lipinski definition) is 9. The second-order valence-corrected chi connectivity index (χ2v) is 13.1. The topological polar surface area (TPSA) is 259 Å². The molecule has 1 heterocycles. The zero-order valence-electron chi connectivity index (χ0n) is 30.0. The van der Waals surface area contributed by atoms with E-state index in [1.807, 2.05) is 42.5 Å². The van der Waals surface area contributed by atoms with Gasteiger partial charge >= 0.3 is 0 Å². The molecule has 1 saturated heterocycles. The first kappa shape index (κ1) is 40.7. The lowest BCUT2D eigenvalue weighted by atomic mass is 10.0. The van der Waals surface area contributed by atoms with Crippen LogP contribution in [-0.4, -0.2) is 97.2 Å². The summed E-state index contributed by atoms with van der Waals surface area (Å²) in [6, 6.07) is 14.9. The fourth-order valence-electron chi connectivity index (χ4n) is 6.00. The third-order valence-corrected chi connectivity index (χ3v) is 8.83. The number of aldehydes is 1. The minimum Gasteiger partial charge on any atom is -0.508 e. The number of carbonyl (C=O) groups is 6. The maximum absolute atomic E-state index is 14.0. The molecule has 4 rings (SSSR count). The van der Waals surface area contributed by atoms with Gasteiger partial charge < -0.3 is 53.3 Å². The Morgan fingerprint density at radius 2 is 1.31 bits per heavy atom. The molecule has 4 atom stereocenters. The zero-order chi connectivity index (χ0) is 38.9. The number of guanidine groups is 1. The van der Waals surface area contributed by atoms with Crippen LogP contribution in [0.3, 0.4) is 0 Å².